The number of aromatic nitrogens is 3. The van der Waals surface area contributed by atoms with Gasteiger partial charge in [-0.25, -0.2) is 9.97 Å². The fourth-order valence-electron chi connectivity index (χ4n) is 3.12. The number of aromatic amines is 1. The average Bonchev–Trinajstić information content (AvgIpc) is 3.29. The van der Waals surface area contributed by atoms with E-state index in [1.165, 1.54) is 0 Å². The Hall–Kier alpha value is -2.97. The van der Waals surface area contributed by atoms with Gasteiger partial charge in [-0.1, -0.05) is 24.3 Å². The quantitative estimate of drug-likeness (QED) is 0.436. The van der Waals surface area contributed by atoms with Gasteiger partial charge < -0.3 is 9.88 Å². The molecule has 30 heavy (non-hydrogen) atoms. The molecule has 0 saturated carbocycles. The summed E-state index contributed by atoms with van der Waals surface area (Å²) < 4.78 is 0. The number of rotatable bonds is 7. The van der Waals surface area contributed by atoms with Crippen LogP contribution in [0.5, 0.6) is 0 Å². The van der Waals surface area contributed by atoms with Crippen molar-refractivity contribution in [1.29, 1.82) is 0 Å². The van der Waals surface area contributed by atoms with E-state index >= 15 is 0 Å². The van der Waals surface area contributed by atoms with Gasteiger partial charge in [0.25, 0.3) is 11.5 Å². The molecule has 0 aliphatic rings. The van der Waals surface area contributed by atoms with E-state index in [1.807, 2.05) is 48.1 Å². The van der Waals surface area contributed by atoms with Crippen LogP contribution in [0.25, 0.3) is 10.9 Å². The SMILES string of the molecule is CCN(Cc1nc2ccccc2c(=O)[nH]1)C(=O)c1ccccc1SCc1cscn1. The number of carbonyl (C=O) groups is 1. The third kappa shape index (κ3) is 4.44. The van der Waals surface area contributed by atoms with Crippen LogP contribution in [-0.4, -0.2) is 32.3 Å². The number of nitrogens with one attached hydrogen (secondary N) is 1. The first-order valence-electron chi connectivity index (χ1n) is 9.52. The summed E-state index contributed by atoms with van der Waals surface area (Å²) in [6, 6.07) is 14.8. The van der Waals surface area contributed by atoms with Crippen molar-refractivity contribution in [3.05, 3.63) is 86.9 Å². The number of fused-ring (bicyclic) bond motifs is 1. The smallest absolute Gasteiger partial charge is 0.258 e. The van der Waals surface area contributed by atoms with Gasteiger partial charge in [-0.2, -0.15) is 0 Å². The molecule has 0 spiro atoms. The third-order valence-electron chi connectivity index (χ3n) is 4.65. The summed E-state index contributed by atoms with van der Waals surface area (Å²) in [6.07, 6.45) is 0. The van der Waals surface area contributed by atoms with Crippen LogP contribution in [0.2, 0.25) is 0 Å². The number of carbonyl (C=O) groups excluding carboxylic acids is 1. The fourth-order valence-corrected chi connectivity index (χ4v) is 4.73. The first-order valence-corrected chi connectivity index (χ1v) is 11.4. The van der Waals surface area contributed by atoms with Crippen LogP contribution in [0, 0.1) is 0 Å². The van der Waals surface area contributed by atoms with E-state index in [0.717, 1.165) is 10.6 Å². The second-order valence-corrected chi connectivity index (χ2v) is 8.35. The van der Waals surface area contributed by atoms with Gasteiger partial charge in [0.15, 0.2) is 0 Å². The van der Waals surface area contributed by atoms with Gasteiger partial charge in [0.2, 0.25) is 0 Å². The molecular formula is C22H20N4O2S2. The Morgan fingerprint density at radius 3 is 2.77 bits per heavy atom. The minimum atomic E-state index is -0.196. The van der Waals surface area contributed by atoms with Crippen molar-refractivity contribution in [2.75, 3.05) is 6.54 Å². The highest BCUT2D eigenvalue weighted by molar-refractivity contribution is 7.98. The fraction of sp³-hybridized carbons (Fsp3) is 0.182. The molecule has 2 aromatic heterocycles. The lowest BCUT2D eigenvalue weighted by atomic mass is 10.2. The number of nitrogens with zero attached hydrogens (tertiary/aromatic N) is 3. The van der Waals surface area contributed by atoms with Crippen molar-refractivity contribution >= 4 is 39.9 Å². The Balaban J connectivity index is 1.57. The van der Waals surface area contributed by atoms with Gasteiger partial charge in [-0.05, 0) is 31.2 Å². The first-order chi connectivity index (χ1) is 14.7. The van der Waals surface area contributed by atoms with Crippen molar-refractivity contribution in [2.24, 2.45) is 0 Å². The predicted octanol–water partition coefficient (Wildman–Crippen LogP) is 4.33. The van der Waals surface area contributed by atoms with Gasteiger partial charge >= 0.3 is 0 Å². The zero-order valence-electron chi connectivity index (χ0n) is 16.4. The highest BCUT2D eigenvalue weighted by Crippen LogP contribution is 2.27. The number of thiazole rings is 1. The number of amides is 1. The Bertz CT molecular complexity index is 1220. The van der Waals surface area contributed by atoms with Gasteiger partial charge in [0, 0.05) is 22.6 Å². The first kappa shape index (κ1) is 20.3. The summed E-state index contributed by atoms with van der Waals surface area (Å²) in [6.45, 7) is 2.66. The Labute approximate surface area is 182 Å². The molecule has 0 radical (unpaired) electrons. The minimum absolute atomic E-state index is 0.0883. The lowest BCUT2D eigenvalue weighted by Crippen LogP contribution is -2.32. The van der Waals surface area contributed by atoms with E-state index in [4.69, 9.17) is 0 Å². The van der Waals surface area contributed by atoms with E-state index in [2.05, 4.69) is 15.0 Å². The molecule has 2 heterocycles. The van der Waals surface area contributed by atoms with Crippen molar-refractivity contribution in [3.8, 4) is 0 Å². The van der Waals surface area contributed by atoms with Crippen LogP contribution >= 0.6 is 23.1 Å². The molecule has 1 N–H and O–H groups in total. The van der Waals surface area contributed by atoms with Crippen LogP contribution in [0.15, 0.2) is 69.1 Å². The topological polar surface area (TPSA) is 79.0 Å². The third-order valence-corrected chi connectivity index (χ3v) is 6.39. The van der Waals surface area contributed by atoms with E-state index < -0.39 is 0 Å². The summed E-state index contributed by atoms with van der Waals surface area (Å²) in [4.78, 5) is 39.9. The summed E-state index contributed by atoms with van der Waals surface area (Å²) in [5.74, 6) is 1.09. The Kier molecular flexibility index (Phi) is 6.25. The molecule has 0 unspecified atom stereocenters. The van der Waals surface area contributed by atoms with Gasteiger partial charge in [-0.3, -0.25) is 9.59 Å². The van der Waals surface area contributed by atoms with E-state index in [1.54, 1.807) is 46.2 Å². The minimum Gasteiger partial charge on any atom is -0.331 e. The highest BCUT2D eigenvalue weighted by Gasteiger charge is 2.19. The van der Waals surface area contributed by atoms with Gasteiger partial charge in [0.1, 0.15) is 5.82 Å². The van der Waals surface area contributed by atoms with E-state index in [-0.39, 0.29) is 18.0 Å². The van der Waals surface area contributed by atoms with Crippen LogP contribution in [0.1, 0.15) is 28.8 Å². The molecular weight excluding hydrogens is 416 g/mol. The normalized spacial score (nSPS) is 11.0. The summed E-state index contributed by atoms with van der Waals surface area (Å²) in [7, 11) is 0. The molecule has 0 aliphatic carbocycles. The molecule has 8 heteroatoms. The number of benzene rings is 2. The zero-order chi connectivity index (χ0) is 20.9. The second kappa shape index (κ2) is 9.23. The Morgan fingerprint density at radius 2 is 1.97 bits per heavy atom. The molecule has 2 aromatic carbocycles. The molecule has 6 nitrogen and oxygen atoms in total. The lowest BCUT2D eigenvalue weighted by Gasteiger charge is -2.21. The molecule has 0 aliphatic heterocycles. The molecule has 0 atom stereocenters. The van der Waals surface area contributed by atoms with Crippen LogP contribution < -0.4 is 5.56 Å². The molecule has 0 bridgehead atoms. The number of hydrogen-bond acceptors (Lipinski definition) is 6. The zero-order valence-corrected chi connectivity index (χ0v) is 18.0. The average molecular weight is 437 g/mol. The van der Waals surface area contributed by atoms with Crippen LogP contribution in [0.4, 0.5) is 0 Å². The monoisotopic (exact) mass is 436 g/mol. The molecule has 0 fully saturated rings. The summed E-state index contributed by atoms with van der Waals surface area (Å²) >= 11 is 3.16. The van der Waals surface area contributed by atoms with Gasteiger partial charge in [-0.15, -0.1) is 23.1 Å². The van der Waals surface area contributed by atoms with Crippen molar-refractivity contribution in [3.63, 3.8) is 0 Å². The van der Waals surface area contributed by atoms with E-state index in [0.29, 0.717) is 34.6 Å². The number of thioether (sulfide) groups is 1. The number of hydrogen-bond donors (Lipinski definition) is 1. The Morgan fingerprint density at radius 1 is 1.17 bits per heavy atom. The van der Waals surface area contributed by atoms with Crippen molar-refractivity contribution in [1.82, 2.24) is 19.9 Å². The van der Waals surface area contributed by atoms with Crippen LogP contribution in [-0.2, 0) is 12.3 Å². The molecule has 0 saturated heterocycles. The van der Waals surface area contributed by atoms with E-state index in [9.17, 15) is 9.59 Å². The molecule has 1 amide bonds. The molecule has 4 aromatic rings. The van der Waals surface area contributed by atoms with Crippen molar-refractivity contribution in [2.45, 2.75) is 24.1 Å². The number of H-pyrrole nitrogens is 1. The van der Waals surface area contributed by atoms with Crippen LogP contribution in [0.3, 0.4) is 0 Å². The summed E-state index contributed by atoms with van der Waals surface area (Å²) in [5, 5.41) is 2.55. The number of para-hydroxylation sites is 1. The molecule has 4 rings (SSSR count). The van der Waals surface area contributed by atoms with Crippen molar-refractivity contribution < 1.29 is 4.79 Å². The summed E-state index contributed by atoms with van der Waals surface area (Å²) in [5.41, 5.74) is 3.88. The lowest BCUT2D eigenvalue weighted by molar-refractivity contribution is 0.0745. The maximum absolute atomic E-state index is 13.3. The maximum atomic E-state index is 13.3. The maximum Gasteiger partial charge on any atom is 0.258 e. The van der Waals surface area contributed by atoms with Gasteiger partial charge in [0.05, 0.1) is 34.2 Å². The molecule has 152 valence electrons. The standard InChI is InChI=1S/C22H20N4O2S2/c1-2-26(11-20-24-18-9-5-3-7-16(18)21(27)25-20)22(28)17-8-4-6-10-19(17)30-13-15-12-29-14-23-15/h3-10,12,14H,2,11,13H2,1H3,(H,24,25,27). The highest BCUT2D eigenvalue weighted by atomic mass is 32.2. The largest absolute Gasteiger partial charge is 0.331 e. The second-order valence-electron chi connectivity index (χ2n) is 6.61. The predicted molar refractivity (Wildman–Crippen MR) is 121 cm³/mol.